The Kier molecular flexibility index (Phi) is 5.15. The van der Waals surface area contributed by atoms with Gasteiger partial charge in [-0.05, 0) is 45.0 Å². The number of carbonyl (C=O) groups is 1. The quantitative estimate of drug-likeness (QED) is 0.793. The van der Waals surface area contributed by atoms with E-state index in [1.807, 2.05) is 0 Å². The Balaban J connectivity index is 1.89. The predicted octanol–water partition coefficient (Wildman–Crippen LogP) is 1.77. The highest BCUT2D eigenvalue weighted by molar-refractivity contribution is 5.94. The smallest absolute Gasteiger partial charge is 0.341 e. The fourth-order valence-corrected chi connectivity index (χ4v) is 2.26. The third-order valence-electron chi connectivity index (χ3n) is 3.22. The molecule has 1 aromatic heterocycles. The Bertz CT molecular complexity index is 417. The van der Waals surface area contributed by atoms with E-state index in [0.717, 1.165) is 13.1 Å². The maximum Gasteiger partial charge on any atom is 0.341 e. The summed E-state index contributed by atoms with van der Waals surface area (Å²) in [6.07, 6.45) is 4.26. The molecule has 1 aromatic rings. The first-order valence-electron chi connectivity index (χ1n) is 6.89. The van der Waals surface area contributed by atoms with Crippen LogP contribution in [0.2, 0.25) is 0 Å². The van der Waals surface area contributed by atoms with Crippen LogP contribution in [0.3, 0.4) is 0 Å². The monoisotopic (exact) mass is 263 g/mol. The van der Waals surface area contributed by atoms with E-state index in [4.69, 9.17) is 4.74 Å². The van der Waals surface area contributed by atoms with Gasteiger partial charge in [-0.2, -0.15) is 0 Å². The van der Waals surface area contributed by atoms with Crippen LogP contribution in [0.5, 0.6) is 0 Å². The SMILES string of the molecule is CCOC(=O)c1cccnc1NCCN1CCCC1. The van der Waals surface area contributed by atoms with Crippen LogP contribution in [0.4, 0.5) is 5.82 Å². The summed E-state index contributed by atoms with van der Waals surface area (Å²) in [7, 11) is 0. The predicted molar refractivity (Wildman–Crippen MR) is 74.4 cm³/mol. The van der Waals surface area contributed by atoms with Crippen molar-refractivity contribution in [3.05, 3.63) is 23.9 Å². The van der Waals surface area contributed by atoms with Gasteiger partial charge < -0.3 is 15.0 Å². The van der Waals surface area contributed by atoms with Crippen molar-refractivity contribution >= 4 is 11.8 Å². The summed E-state index contributed by atoms with van der Waals surface area (Å²) in [5.74, 6) is 0.291. The van der Waals surface area contributed by atoms with Crippen molar-refractivity contribution in [2.75, 3.05) is 38.1 Å². The van der Waals surface area contributed by atoms with Crippen LogP contribution < -0.4 is 5.32 Å². The molecule has 1 N–H and O–H groups in total. The maximum absolute atomic E-state index is 11.8. The lowest BCUT2D eigenvalue weighted by Crippen LogP contribution is -2.26. The molecule has 2 heterocycles. The molecule has 0 spiro atoms. The molecule has 0 aliphatic carbocycles. The van der Waals surface area contributed by atoms with Crippen molar-refractivity contribution in [1.82, 2.24) is 9.88 Å². The molecule has 0 unspecified atom stereocenters. The third-order valence-corrected chi connectivity index (χ3v) is 3.22. The Morgan fingerprint density at radius 1 is 1.47 bits per heavy atom. The van der Waals surface area contributed by atoms with E-state index >= 15 is 0 Å². The van der Waals surface area contributed by atoms with Gasteiger partial charge in [0.05, 0.1) is 6.61 Å². The van der Waals surface area contributed by atoms with Gasteiger partial charge in [-0.3, -0.25) is 0 Å². The number of nitrogens with zero attached hydrogens (tertiary/aromatic N) is 2. The largest absolute Gasteiger partial charge is 0.462 e. The number of esters is 1. The van der Waals surface area contributed by atoms with Crippen LogP contribution in [-0.4, -0.2) is 48.6 Å². The zero-order valence-corrected chi connectivity index (χ0v) is 11.4. The second-order valence-corrected chi connectivity index (χ2v) is 4.60. The second-order valence-electron chi connectivity index (χ2n) is 4.60. The van der Waals surface area contributed by atoms with Gasteiger partial charge in [-0.1, -0.05) is 0 Å². The lowest BCUT2D eigenvalue weighted by Gasteiger charge is -2.16. The van der Waals surface area contributed by atoms with Crippen LogP contribution in [0, 0.1) is 0 Å². The first-order valence-corrected chi connectivity index (χ1v) is 6.89. The second kappa shape index (κ2) is 7.09. The first-order chi connectivity index (χ1) is 9.31. The summed E-state index contributed by atoms with van der Waals surface area (Å²) in [6.45, 7) is 6.31. The van der Waals surface area contributed by atoms with Gasteiger partial charge in [0.15, 0.2) is 0 Å². The van der Waals surface area contributed by atoms with Gasteiger partial charge in [0, 0.05) is 19.3 Å². The van der Waals surface area contributed by atoms with E-state index in [-0.39, 0.29) is 5.97 Å². The van der Waals surface area contributed by atoms with Crippen LogP contribution in [0.15, 0.2) is 18.3 Å². The molecule has 5 heteroatoms. The molecule has 0 saturated carbocycles. The molecule has 1 saturated heterocycles. The number of likely N-dealkylation sites (tertiary alicyclic amines) is 1. The number of anilines is 1. The van der Waals surface area contributed by atoms with E-state index in [9.17, 15) is 4.79 Å². The van der Waals surface area contributed by atoms with Crippen LogP contribution in [0.1, 0.15) is 30.1 Å². The number of carbonyl (C=O) groups excluding carboxylic acids is 1. The summed E-state index contributed by atoms with van der Waals surface area (Å²) < 4.78 is 5.02. The van der Waals surface area contributed by atoms with Gasteiger partial charge in [0.25, 0.3) is 0 Å². The fraction of sp³-hybridized carbons (Fsp3) is 0.571. The van der Waals surface area contributed by atoms with Gasteiger partial charge in [-0.25, -0.2) is 9.78 Å². The van der Waals surface area contributed by atoms with Crippen LogP contribution in [0.25, 0.3) is 0 Å². The highest BCUT2D eigenvalue weighted by Crippen LogP contribution is 2.13. The number of rotatable bonds is 6. The number of nitrogens with one attached hydrogen (secondary N) is 1. The molecule has 0 atom stereocenters. The van der Waals surface area contributed by atoms with E-state index in [0.29, 0.717) is 18.0 Å². The minimum Gasteiger partial charge on any atom is -0.462 e. The molecular weight excluding hydrogens is 242 g/mol. The molecule has 1 aliphatic rings. The molecule has 0 amide bonds. The van der Waals surface area contributed by atoms with Crippen molar-refractivity contribution < 1.29 is 9.53 Å². The van der Waals surface area contributed by atoms with Crippen molar-refractivity contribution in [2.24, 2.45) is 0 Å². The minimum absolute atomic E-state index is 0.320. The van der Waals surface area contributed by atoms with Gasteiger partial charge in [-0.15, -0.1) is 0 Å². The van der Waals surface area contributed by atoms with Crippen molar-refractivity contribution in [2.45, 2.75) is 19.8 Å². The highest BCUT2D eigenvalue weighted by Gasteiger charge is 2.14. The molecule has 1 fully saturated rings. The van der Waals surface area contributed by atoms with Gasteiger partial charge in [0.2, 0.25) is 0 Å². The molecule has 5 nitrogen and oxygen atoms in total. The highest BCUT2D eigenvalue weighted by atomic mass is 16.5. The fourth-order valence-electron chi connectivity index (χ4n) is 2.26. The van der Waals surface area contributed by atoms with Crippen molar-refractivity contribution in [3.8, 4) is 0 Å². The third kappa shape index (κ3) is 3.92. The number of hydrogen-bond donors (Lipinski definition) is 1. The Hall–Kier alpha value is -1.62. The summed E-state index contributed by atoms with van der Waals surface area (Å²) in [5.41, 5.74) is 0.505. The van der Waals surface area contributed by atoms with Crippen molar-refractivity contribution in [3.63, 3.8) is 0 Å². The standard InChI is InChI=1S/C14H21N3O2/c1-2-19-14(18)12-6-5-7-15-13(12)16-8-11-17-9-3-4-10-17/h5-7H,2-4,8-11H2,1H3,(H,15,16). The normalized spacial score (nSPS) is 15.4. The summed E-state index contributed by atoms with van der Waals surface area (Å²) in [4.78, 5) is 18.4. The number of ether oxygens (including phenoxy) is 1. The summed E-state index contributed by atoms with van der Waals surface area (Å²) in [6, 6.07) is 3.49. The molecule has 0 aromatic carbocycles. The van der Waals surface area contributed by atoms with Crippen molar-refractivity contribution in [1.29, 1.82) is 0 Å². The van der Waals surface area contributed by atoms with E-state index in [1.165, 1.54) is 25.9 Å². The number of aromatic nitrogens is 1. The molecule has 0 bridgehead atoms. The lowest BCUT2D eigenvalue weighted by molar-refractivity contribution is 0.0527. The minimum atomic E-state index is -0.320. The average molecular weight is 263 g/mol. The van der Waals surface area contributed by atoms with E-state index in [2.05, 4.69) is 15.2 Å². The Morgan fingerprint density at radius 2 is 2.26 bits per heavy atom. The van der Waals surface area contributed by atoms with E-state index in [1.54, 1.807) is 25.3 Å². The van der Waals surface area contributed by atoms with E-state index < -0.39 is 0 Å². The molecule has 104 valence electrons. The topological polar surface area (TPSA) is 54.5 Å². The zero-order valence-electron chi connectivity index (χ0n) is 11.4. The molecule has 2 rings (SSSR count). The van der Waals surface area contributed by atoms with Crippen LogP contribution >= 0.6 is 0 Å². The Labute approximate surface area is 114 Å². The van der Waals surface area contributed by atoms with Crippen LogP contribution in [-0.2, 0) is 4.74 Å². The summed E-state index contributed by atoms with van der Waals surface area (Å²) >= 11 is 0. The van der Waals surface area contributed by atoms with Gasteiger partial charge in [0.1, 0.15) is 11.4 Å². The van der Waals surface area contributed by atoms with Gasteiger partial charge >= 0.3 is 5.97 Å². The lowest BCUT2D eigenvalue weighted by atomic mass is 10.2. The summed E-state index contributed by atoms with van der Waals surface area (Å²) in [5, 5.41) is 3.23. The zero-order chi connectivity index (χ0) is 13.5. The first kappa shape index (κ1) is 13.8. The number of pyridine rings is 1. The molecule has 0 radical (unpaired) electrons. The Morgan fingerprint density at radius 3 is 3.00 bits per heavy atom. The molecule has 1 aliphatic heterocycles. The maximum atomic E-state index is 11.8. The molecular formula is C14H21N3O2. The number of hydrogen-bond acceptors (Lipinski definition) is 5. The molecule has 19 heavy (non-hydrogen) atoms. The average Bonchev–Trinajstić information content (AvgIpc) is 2.93.